The number of unbranched alkanes of at least 4 members (excludes halogenated alkanes) is 1. The second kappa shape index (κ2) is 7.90. The van der Waals surface area contributed by atoms with Gasteiger partial charge in [-0.1, -0.05) is 6.92 Å². The van der Waals surface area contributed by atoms with Gasteiger partial charge in [0.05, 0.1) is 0 Å². The van der Waals surface area contributed by atoms with E-state index >= 15 is 0 Å². The molecule has 0 radical (unpaired) electrons. The first kappa shape index (κ1) is 15.7. The van der Waals surface area contributed by atoms with Crippen LogP contribution in [-0.4, -0.2) is 31.5 Å². The van der Waals surface area contributed by atoms with Crippen molar-refractivity contribution in [2.24, 2.45) is 0 Å². The summed E-state index contributed by atoms with van der Waals surface area (Å²) in [6.07, 6.45) is -3.36. The van der Waals surface area contributed by atoms with Crippen LogP contribution >= 0.6 is 0 Å². The van der Waals surface area contributed by atoms with Crippen molar-refractivity contribution in [1.82, 2.24) is 5.32 Å². The standard InChI is InChI=1S/C11H22F3NO/c1-4-15-9(2)7-5-6-8-16-10(3)11(12,13)14/h9-10,15H,4-8H2,1-3H3. The zero-order valence-corrected chi connectivity index (χ0v) is 10.2. The van der Waals surface area contributed by atoms with Gasteiger partial charge in [0.25, 0.3) is 0 Å². The molecule has 0 bridgehead atoms. The summed E-state index contributed by atoms with van der Waals surface area (Å²) < 4.78 is 40.9. The summed E-state index contributed by atoms with van der Waals surface area (Å²) in [5, 5.41) is 3.25. The fourth-order valence-corrected chi connectivity index (χ4v) is 1.36. The van der Waals surface area contributed by atoms with E-state index in [1.807, 2.05) is 6.92 Å². The van der Waals surface area contributed by atoms with E-state index in [1.165, 1.54) is 0 Å². The second-order valence-electron chi connectivity index (χ2n) is 4.01. The molecule has 0 fully saturated rings. The van der Waals surface area contributed by atoms with Crippen LogP contribution < -0.4 is 5.32 Å². The summed E-state index contributed by atoms with van der Waals surface area (Å²) >= 11 is 0. The fourth-order valence-electron chi connectivity index (χ4n) is 1.36. The minimum absolute atomic E-state index is 0.180. The molecule has 1 N–H and O–H groups in total. The van der Waals surface area contributed by atoms with E-state index in [9.17, 15) is 13.2 Å². The highest BCUT2D eigenvalue weighted by Crippen LogP contribution is 2.22. The molecule has 0 heterocycles. The molecule has 0 aliphatic carbocycles. The molecule has 0 amide bonds. The van der Waals surface area contributed by atoms with Crippen LogP contribution in [0.2, 0.25) is 0 Å². The minimum Gasteiger partial charge on any atom is -0.369 e. The van der Waals surface area contributed by atoms with Gasteiger partial charge in [0.15, 0.2) is 6.10 Å². The van der Waals surface area contributed by atoms with Crippen molar-refractivity contribution in [2.45, 2.75) is 58.4 Å². The van der Waals surface area contributed by atoms with Crippen molar-refractivity contribution < 1.29 is 17.9 Å². The van der Waals surface area contributed by atoms with Crippen LogP contribution in [0, 0.1) is 0 Å². The Morgan fingerprint density at radius 1 is 1.19 bits per heavy atom. The van der Waals surface area contributed by atoms with E-state index in [4.69, 9.17) is 4.74 Å². The first-order chi connectivity index (χ1) is 7.38. The largest absolute Gasteiger partial charge is 0.414 e. The van der Waals surface area contributed by atoms with Gasteiger partial charge in [0.1, 0.15) is 0 Å². The van der Waals surface area contributed by atoms with Gasteiger partial charge in [-0.15, -0.1) is 0 Å². The average molecular weight is 241 g/mol. The molecule has 16 heavy (non-hydrogen) atoms. The molecule has 0 saturated carbocycles. The Labute approximate surface area is 95.5 Å². The van der Waals surface area contributed by atoms with E-state index in [2.05, 4.69) is 12.2 Å². The predicted molar refractivity (Wildman–Crippen MR) is 58.5 cm³/mol. The third-order valence-electron chi connectivity index (χ3n) is 2.41. The lowest BCUT2D eigenvalue weighted by Crippen LogP contribution is -2.29. The van der Waals surface area contributed by atoms with Crippen LogP contribution in [0.25, 0.3) is 0 Å². The van der Waals surface area contributed by atoms with Crippen molar-refractivity contribution in [3.8, 4) is 0 Å². The number of ether oxygens (including phenoxy) is 1. The number of hydrogen-bond acceptors (Lipinski definition) is 2. The van der Waals surface area contributed by atoms with Crippen LogP contribution in [0.5, 0.6) is 0 Å². The van der Waals surface area contributed by atoms with Crippen molar-refractivity contribution >= 4 is 0 Å². The topological polar surface area (TPSA) is 21.3 Å². The monoisotopic (exact) mass is 241 g/mol. The van der Waals surface area contributed by atoms with E-state index in [1.54, 1.807) is 0 Å². The van der Waals surface area contributed by atoms with E-state index < -0.39 is 12.3 Å². The molecule has 2 unspecified atom stereocenters. The van der Waals surface area contributed by atoms with E-state index in [-0.39, 0.29) is 6.61 Å². The normalized spacial score (nSPS) is 16.1. The van der Waals surface area contributed by atoms with E-state index in [0.717, 1.165) is 26.3 Å². The molecule has 2 nitrogen and oxygen atoms in total. The first-order valence-corrected chi connectivity index (χ1v) is 5.79. The Balaban J connectivity index is 3.40. The maximum Gasteiger partial charge on any atom is 0.414 e. The SMILES string of the molecule is CCNC(C)CCCCOC(C)C(F)(F)F. The molecule has 0 aromatic heterocycles. The van der Waals surface area contributed by atoms with Crippen molar-refractivity contribution in [3.63, 3.8) is 0 Å². The number of halogens is 3. The summed E-state index contributed by atoms with van der Waals surface area (Å²) in [7, 11) is 0. The zero-order chi connectivity index (χ0) is 12.6. The first-order valence-electron chi connectivity index (χ1n) is 5.79. The number of rotatable bonds is 8. The Morgan fingerprint density at radius 2 is 1.81 bits per heavy atom. The van der Waals surface area contributed by atoms with Gasteiger partial charge in [-0.05, 0) is 39.7 Å². The molecule has 98 valence electrons. The summed E-state index contributed by atoms with van der Waals surface area (Å²) in [6.45, 7) is 6.25. The van der Waals surface area contributed by atoms with Crippen molar-refractivity contribution in [1.29, 1.82) is 0 Å². The molecule has 0 spiro atoms. The molecular weight excluding hydrogens is 219 g/mol. The van der Waals surface area contributed by atoms with Crippen molar-refractivity contribution in [2.75, 3.05) is 13.2 Å². The molecular formula is C11H22F3NO. The molecule has 2 atom stereocenters. The average Bonchev–Trinajstić information content (AvgIpc) is 2.16. The summed E-state index contributed by atoms with van der Waals surface area (Å²) in [4.78, 5) is 0. The number of hydrogen-bond donors (Lipinski definition) is 1. The third kappa shape index (κ3) is 7.93. The minimum atomic E-state index is -4.24. The highest BCUT2D eigenvalue weighted by molar-refractivity contribution is 4.61. The lowest BCUT2D eigenvalue weighted by atomic mass is 10.1. The second-order valence-corrected chi connectivity index (χ2v) is 4.01. The van der Waals surface area contributed by atoms with Gasteiger partial charge in [-0.2, -0.15) is 13.2 Å². The lowest BCUT2D eigenvalue weighted by molar-refractivity contribution is -0.214. The van der Waals surface area contributed by atoms with Crippen LogP contribution in [0.15, 0.2) is 0 Å². The summed E-state index contributed by atoms with van der Waals surface area (Å²) in [5.74, 6) is 0. The third-order valence-corrected chi connectivity index (χ3v) is 2.41. The van der Waals surface area contributed by atoms with Gasteiger partial charge in [-0.3, -0.25) is 0 Å². The Hall–Kier alpha value is -0.290. The van der Waals surface area contributed by atoms with Crippen LogP contribution in [0.3, 0.4) is 0 Å². The number of nitrogens with one attached hydrogen (secondary N) is 1. The highest BCUT2D eigenvalue weighted by Gasteiger charge is 2.36. The fraction of sp³-hybridized carbons (Fsp3) is 1.00. The molecule has 5 heteroatoms. The smallest absolute Gasteiger partial charge is 0.369 e. The lowest BCUT2D eigenvalue weighted by Gasteiger charge is -2.16. The maximum atomic E-state index is 12.1. The Kier molecular flexibility index (Phi) is 7.76. The van der Waals surface area contributed by atoms with Gasteiger partial charge >= 0.3 is 6.18 Å². The molecule has 0 aromatic carbocycles. The Bertz CT molecular complexity index is 173. The molecule has 0 aromatic rings. The van der Waals surface area contributed by atoms with Gasteiger partial charge in [-0.25, -0.2) is 0 Å². The molecule has 0 saturated heterocycles. The van der Waals surface area contributed by atoms with Crippen molar-refractivity contribution in [3.05, 3.63) is 0 Å². The quantitative estimate of drug-likeness (QED) is 0.659. The Morgan fingerprint density at radius 3 is 2.31 bits per heavy atom. The highest BCUT2D eigenvalue weighted by atomic mass is 19.4. The summed E-state index contributed by atoms with van der Waals surface area (Å²) in [6, 6.07) is 0.421. The predicted octanol–water partition coefficient (Wildman–Crippen LogP) is 3.12. The van der Waals surface area contributed by atoms with Crippen LogP contribution in [0.1, 0.15) is 40.0 Å². The number of alkyl halides is 3. The maximum absolute atomic E-state index is 12.1. The zero-order valence-electron chi connectivity index (χ0n) is 10.2. The molecule has 0 aliphatic rings. The molecule has 0 aliphatic heterocycles. The van der Waals surface area contributed by atoms with Gasteiger partial charge in [0.2, 0.25) is 0 Å². The van der Waals surface area contributed by atoms with Gasteiger partial charge in [0, 0.05) is 12.6 Å². The van der Waals surface area contributed by atoms with Crippen LogP contribution in [0.4, 0.5) is 13.2 Å². The van der Waals surface area contributed by atoms with Gasteiger partial charge < -0.3 is 10.1 Å². The van der Waals surface area contributed by atoms with E-state index in [0.29, 0.717) is 12.5 Å². The molecule has 0 rings (SSSR count). The van der Waals surface area contributed by atoms with Crippen LogP contribution in [-0.2, 0) is 4.74 Å². The summed E-state index contributed by atoms with van der Waals surface area (Å²) in [5.41, 5.74) is 0.